The fraction of sp³-hybridized carbons (Fsp3) is 0.421. The molecule has 0 aliphatic carbocycles. The molecule has 0 saturated heterocycles. The molecule has 27 heavy (non-hydrogen) atoms. The van der Waals surface area contributed by atoms with Crippen molar-refractivity contribution in [3.05, 3.63) is 39.5 Å². The zero-order valence-electron chi connectivity index (χ0n) is 15.5. The summed E-state index contributed by atoms with van der Waals surface area (Å²) in [4.78, 5) is 6.90. The van der Waals surface area contributed by atoms with E-state index in [1.807, 2.05) is 23.7 Å². The van der Waals surface area contributed by atoms with Crippen LogP contribution in [0.5, 0.6) is 0 Å². The van der Waals surface area contributed by atoms with Crippen molar-refractivity contribution in [2.45, 2.75) is 32.7 Å². The van der Waals surface area contributed by atoms with E-state index in [-0.39, 0.29) is 6.04 Å². The molecule has 0 bridgehead atoms. The lowest BCUT2D eigenvalue weighted by atomic mass is 10.2. The average Bonchev–Trinajstić information content (AvgIpc) is 3.23. The minimum atomic E-state index is 0.128. The standard InChI is InChI=1S/C19H21Cl2N5O/c1-4-14(10-27-3)26-16-7-11(2)22-19(17(16)23-24-26)25-6-5-12-8-13(20)9-15(21)18(12)25/h7-9,14H,4-6,10H2,1-3H3. The molecule has 0 amide bonds. The molecule has 0 radical (unpaired) electrons. The van der Waals surface area contributed by atoms with E-state index in [1.54, 1.807) is 13.2 Å². The number of rotatable bonds is 5. The third kappa shape index (κ3) is 3.16. The number of benzene rings is 1. The van der Waals surface area contributed by atoms with Crippen LogP contribution in [-0.2, 0) is 11.2 Å². The average molecular weight is 406 g/mol. The minimum absolute atomic E-state index is 0.128. The second kappa shape index (κ2) is 7.26. The van der Waals surface area contributed by atoms with E-state index in [9.17, 15) is 0 Å². The fourth-order valence-corrected chi connectivity index (χ4v) is 4.36. The Balaban J connectivity index is 1.87. The van der Waals surface area contributed by atoms with E-state index >= 15 is 0 Å². The number of nitrogens with zero attached hydrogens (tertiary/aromatic N) is 5. The van der Waals surface area contributed by atoms with Crippen LogP contribution >= 0.6 is 23.2 Å². The molecular formula is C19H21Cl2N5O. The topological polar surface area (TPSA) is 56.1 Å². The summed E-state index contributed by atoms with van der Waals surface area (Å²) in [5.41, 5.74) is 4.72. The highest BCUT2D eigenvalue weighted by molar-refractivity contribution is 6.37. The molecule has 1 aromatic carbocycles. The molecule has 3 aromatic rings. The summed E-state index contributed by atoms with van der Waals surface area (Å²) in [6.07, 6.45) is 1.77. The maximum Gasteiger partial charge on any atom is 0.163 e. The zero-order chi connectivity index (χ0) is 19.1. The molecule has 8 heteroatoms. The van der Waals surface area contributed by atoms with Gasteiger partial charge < -0.3 is 9.64 Å². The first-order valence-electron chi connectivity index (χ1n) is 9.00. The predicted molar refractivity (Wildman–Crippen MR) is 108 cm³/mol. The van der Waals surface area contributed by atoms with Crippen molar-refractivity contribution < 1.29 is 4.74 Å². The van der Waals surface area contributed by atoms with Crippen molar-refractivity contribution in [3.63, 3.8) is 0 Å². The van der Waals surface area contributed by atoms with Crippen LogP contribution in [0.15, 0.2) is 18.2 Å². The molecule has 6 nitrogen and oxygen atoms in total. The third-order valence-electron chi connectivity index (χ3n) is 4.98. The van der Waals surface area contributed by atoms with Crippen LogP contribution in [0.25, 0.3) is 11.0 Å². The quantitative estimate of drug-likeness (QED) is 0.613. The Morgan fingerprint density at radius 2 is 2.07 bits per heavy atom. The van der Waals surface area contributed by atoms with Gasteiger partial charge in [-0.1, -0.05) is 35.3 Å². The molecule has 0 N–H and O–H groups in total. The molecule has 4 rings (SSSR count). The molecule has 0 spiro atoms. The van der Waals surface area contributed by atoms with Crippen LogP contribution in [0.3, 0.4) is 0 Å². The number of aromatic nitrogens is 4. The lowest BCUT2D eigenvalue weighted by Gasteiger charge is -2.21. The molecule has 1 atom stereocenters. The summed E-state index contributed by atoms with van der Waals surface area (Å²) in [5, 5.41) is 10.2. The van der Waals surface area contributed by atoms with Gasteiger partial charge in [-0.2, -0.15) is 0 Å². The number of aryl methyl sites for hydroxylation is 1. The van der Waals surface area contributed by atoms with Crippen molar-refractivity contribution in [2.24, 2.45) is 0 Å². The van der Waals surface area contributed by atoms with Crippen LogP contribution in [0.2, 0.25) is 10.0 Å². The summed E-state index contributed by atoms with van der Waals surface area (Å²) in [6.45, 7) is 5.47. The number of hydrogen-bond acceptors (Lipinski definition) is 5. The first-order chi connectivity index (χ1) is 13.0. The zero-order valence-corrected chi connectivity index (χ0v) is 17.0. The molecule has 1 aliphatic heterocycles. The molecule has 2 aromatic heterocycles. The van der Waals surface area contributed by atoms with Gasteiger partial charge in [0.25, 0.3) is 0 Å². The van der Waals surface area contributed by atoms with Gasteiger partial charge in [-0.25, -0.2) is 9.67 Å². The van der Waals surface area contributed by atoms with Gasteiger partial charge in [0.1, 0.15) is 0 Å². The highest BCUT2D eigenvalue weighted by atomic mass is 35.5. The van der Waals surface area contributed by atoms with Crippen LogP contribution in [-0.4, -0.2) is 40.2 Å². The molecule has 0 fully saturated rings. The van der Waals surface area contributed by atoms with Gasteiger partial charge in [-0.3, -0.25) is 0 Å². The maximum atomic E-state index is 6.52. The molecular weight excluding hydrogens is 385 g/mol. The van der Waals surface area contributed by atoms with E-state index in [4.69, 9.17) is 32.9 Å². The lowest BCUT2D eigenvalue weighted by Crippen LogP contribution is -2.17. The third-order valence-corrected chi connectivity index (χ3v) is 5.49. The Bertz CT molecular complexity index is 1000. The Kier molecular flexibility index (Phi) is 4.97. The summed E-state index contributed by atoms with van der Waals surface area (Å²) in [7, 11) is 1.70. The first-order valence-corrected chi connectivity index (χ1v) is 9.76. The summed E-state index contributed by atoms with van der Waals surface area (Å²) in [5.74, 6) is 0.784. The van der Waals surface area contributed by atoms with Gasteiger partial charge in [0, 0.05) is 24.4 Å². The molecule has 0 saturated carbocycles. The Morgan fingerprint density at radius 3 is 2.81 bits per heavy atom. The van der Waals surface area contributed by atoms with Gasteiger partial charge >= 0.3 is 0 Å². The van der Waals surface area contributed by atoms with E-state index in [0.29, 0.717) is 16.7 Å². The van der Waals surface area contributed by atoms with E-state index in [1.165, 1.54) is 0 Å². The second-order valence-corrected chi connectivity index (χ2v) is 7.65. The smallest absolute Gasteiger partial charge is 0.163 e. The lowest BCUT2D eigenvalue weighted by molar-refractivity contribution is 0.148. The van der Waals surface area contributed by atoms with Crippen LogP contribution < -0.4 is 4.90 Å². The Morgan fingerprint density at radius 1 is 1.26 bits per heavy atom. The Labute approximate surface area is 168 Å². The minimum Gasteiger partial charge on any atom is -0.382 e. The monoisotopic (exact) mass is 405 g/mol. The highest BCUT2D eigenvalue weighted by Crippen LogP contribution is 2.42. The van der Waals surface area contributed by atoms with Gasteiger partial charge in [-0.15, -0.1) is 5.10 Å². The molecule has 1 aliphatic rings. The van der Waals surface area contributed by atoms with Gasteiger partial charge in [0.2, 0.25) is 0 Å². The number of pyridine rings is 1. The second-order valence-electron chi connectivity index (χ2n) is 6.80. The number of fused-ring (bicyclic) bond motifs is 2. The van der Waals surface area contributed by atoms with Gasteiger partial charge in [-0.05, 0) is 43.5 Å². The Hall–Kier alpha value is -1.89. The number of hydrogen-bond donors (Lipinski definition) is 0. The van der Waals surface area contributed by atoms with Crippen molar-refractivity contribution in [1.29, 1.82) is 0 Å². The van der Waals surface area contributed by atoms with Crippen molar-refractivity contribution in [1.82, 2.24) is 20.0 Å². The number of halogens is 2. The van der Waals surface area contributed by atoms with Crippen molar-refractivity contribution in [2.75, 3.05) is 25.2 Å². The van der Waals surface area contributed by atoms with Gasteiger partial charge in [0.05, 0.1) is 28.9 Å². The van der Waals surface area contributed by atoms with Gasteiger partial charge in [0.15, 0.2) is 11.3 Å². The van der Waals surface area contributed by atoms with Crippen LogP contribution in [0, 0.1) is 6.92 Å². The SMILES string of the molecule is CCC(COC)n1nnc2c(N3CCc4cc(Cl)cc(Cl)c43)nc(C)cc21. The van der Waals surface area contributed by atoms with E-state index in [0.717, 1.165) is 53.2 Å². The van der Waals surface area contributed by atoms with Crippen LogP contribution in [0.4, 0.5) is 11.5 Å². The first kappa shape index (κ1) is 18.5. The van der Waals surface area contributed by atoms with E-state index < -0.39 is 0 Å². The summed E-state index contributed by atoms with van der Waals surface area (Å²) >= 11 is 12.7. The number of ether oxygens (including phenoxy) is 1. The fourth-order valence-electron chi connectivity index (χ4n) is 3.72. The number of methoxy groups -OCH3 is 1. The summed E-state index contributed by atoms with van der Waals surface area (Å²) in [6, 6.07) is 5.90. The predicted octanol–water partition coefficient (Wildman–Crippen LogP) is 4.73. The van der Waals surface area contributed by atoms with Crippen LogP contribution in [0.1, 0.15) is 30.6 Å². The maximum absolute atomic E-state index is 6.52. The van der Waals surface area contributed by atoms with Crippen molar-refractivity contribution >= 4 is 45.7 Å². The summed E-state index contributed by atoms with van der Waals surface area (Å²) < 4.78 is 7.30. The van der Waals surface area contributed by atoms with Crippen molar-refractivity contribution in [3.8, 4) is 0 Å². The molecule has 142 valence electrons. The normalized spacial score (nSPS) is 14.8. The molecule has 1 unspecified atom stereocenters. The number of anilines is 2. The highest BCUT2D eigenvalue weighted by Gasteiger charge is 2.28. The molecule has 3 heterocycles. The largest absolute Gasteiger partial charge is 0.382 e. The van der Waals surface area contributed by atoms with E-state index in [2.05, 4.69) is 22.1 Å².